The molecule has 1 aromatic heterocycles. The number of amides is 2. The fourth-order valence-corrected chi connectivity index (χ4v) is 3.15. The third kappa shape index (κ3) is 5.49. The molecule has 0 unspecified atom stereocenters. The lowest BCUT2D eigenvalue weighted by molar-refractivity contribution is -0.115. The summed E-state index contributed by atoms with van der Waals surface area (Å²) in [6, 6.07) is 8.88. The number of nitrogens with one attached hydrogen (secondary N) is 2. The first-order valence-corrected chi connectivity index (χ1v) is 9.60. The van der Waals surface area contributed by atoms with Gasteiger partial charge in [-0.2, -0.15) is 0 Å². The monoisotopic (exact) mass is 442 g/mol. The van der Waals surface area contributed by atoms with Crippen LogP contribution >= 0.6 is 11.6 Å². The van der Waals surface area contributed by atoms with Crippen LogP contribution in [-0.2, 0) is 20.9 Å². The van der Waals surface area contributed by atoms with Crippen molar-refractivity contribution in [3.8, 4) is 0 Å². The van der Waals surface area contributed by atoms with Crippen molar-refractivity contribution in [2.75, 3.05) is 10.6 Å². The molecular weight excluding hydrogens is 424 g/mol. The molecule has 0 bridgehead atoms. The van der Waals surface area contributed by atoms with E-state index in [1.807, 2.05) is 0 Å². The molecule has 0 spiro atoms. The summed E-state index contributed by atoms with van der Waals surface area (Å²) in [6.07, 6.45) is 0. The van der Waals surface area contributed by atoms with Crippen molar-refractivity contribution >= 4 is 51.7 Å². The number of hydrogen-bond donors (Lipinski definition) is 2. The van der Waals surface area contributed by atoms with Crippen molar-refractivity contribution in [1.82, 2.24) is 0 Å². The average Bonchev–Trinajstić information content (AvgIpc) is 2.66. The van der Waals surface area contributed by atoms with Gasteiger partial charge in [0.15, 0.2) is 0 Å². The van der Waals surface area contributed by atoms with Gasteiger partial charge in [0.1, 0.15) is 12.2 Å². The quantitative estimate of drug-likeness (QED) is 0.455. The van der Waals surface area contributed by atoms with E-state index in [1.54, 1.807) is 19.1 Å². The van der Waals surface area contributed by atoms with Crippen LogP contribution in [0.1, 0.15) is 35.3 Å². The molecule has 8 nitrogen and oxygen atoms in total. The Morgan fingerprint density at radius 1 is 0.968 bits per heavy atom. The number of carbonyl (C=O) groups excluding carboxylic acids is 3. The van der Waals surface area contributed by atoms with Gasteiger partial charge in [-0.15, -0.1) is 0 Å². The van der Waals surface area contributed by atoms with E-state index in [0.29, 0.717) is 32.9 Å². The first-order chi connectivity index (χ1) is 14.6. The molecule has 160 valence electrons. The number of benzene rings is 2. The Morgan fingerprint density at radius 3 is 2.16 bits per heavy atom. The number of rotatable bonds is 5. The molecule has 3 aromatic rings. The maximum Gasteiger partial charge on any atom is 0.338 e. The van der Waals surface area contributed by atoms with Gasteiger partial charge in [0.05, 0.1) is 5.56 Å². The third-order valence-electron chi connectivity index (χ3n) is 4.28. The summed E-state index contributed by atoms with van der Waals surface area (Å²) in [5.41, 5.74) is 1.67. The number of carbonyl (C=O) groups is 3. The summed E-state index contributed by atoms with van der Waals surface area (Å²) in [5, 5.41) is 6.16. The summed E-state index contributed by atoms with van der Waals surface area (Å²) in [6.45, 7) is 4.22. The van der Waals surface area contributed by atoms with Crippen LogP contribution < -0.4 is 16.3 Å². The minimum Gasteiger partial charge on any atom is -0.457 e. The molecule has 0 atom stereocenters. The molecule has 0 aliphatic carbocycles. The minimum absolute atomic E-state index is 0.108. The molecule has 2 N–H and O–H groups in total. The largest absolute Gasteiger partial charge is 0.457 e. The standard InChI is InChI=1S/C22H19ClN2O6/c1-11-4-20-18(9-19(11)23)15(7-21(28)31-20)10-30-22(29)14-5-16(24-12(2)26)8-17(6-14)25-13(3)27/h4-9H,10H2,1-3H3,(H,24,26)(H,25,27). The number of halogens is 1. The highest BCUT2D eigenvalue weighted by Gasteiger charge is 2.14. The lowest BCUT2D eigenvalue weighted by Crippen LogP contribution is -2.12. The van der Waals surface area contributed by atoms with Crippen LogP contribution in [0.25, 0.3) is 11.0 Å². The Bertz CT molecular complexity index is 1230. The number of fused-ring (bicyclic) bond motifs is 1. The van der Waals surface area contributed by atoms with Crippen LogP contribution in [0.2, 0.25) is 5.02 Å². The van der Waals surface area contributed by atoms with Crippen molar-refractivity contribution < 1.29 is 23.5 Å². The second-order valence-corrected chi connectivity index (χ2v) is 7.33. The first-order valence-electron chi connectivity index (χ1n) is 9.22. The maximum absolute atomic E-state index is 12.7. The summed E-state index contributed by atoms with van der Waals surface area (Å²) in [4.78, 5) is 47.3. The first kappa shape index (κ1) is 22.0. The van der Waals surface area contributed by atoms with E-state index in [0.717, 1.165) is 5.56 Å². The predicted molar refractivity (Wildman–Crippen MR) is 116 cm³/mol. The highest BCUT2D eigenvalue weighted by atomic mass is 35.5. The number of esters is 1. The van der Waals surface area contributed by atoms with Gasteiger partial charge in [0.2, 0.25) is 11.8 Å². The second-order valence-electron chi connectivity index (χ2n) is 6.93. The topological polar surface area (TPSA) is 115 Å². The molecular formula is C22H19ClN2O6. The number of aryl methyl sites for hydroxylation is 1. The van der Waals surface area contributed by atoms with Crippen LogP contribution in [0.15, 0.2) is 45.6 Å². The van der Waals surface area contributed by atoms with Crippen molar-refractivity contribution in [2.24, 2.45) is 0 Å². The Kier molecular flexibility index (Phi) is 6.41. The molecule has 0 saturated heterocycles. The Morgan fingerprint density at radius 2 is 1.58 bits per heavy atom. The third-order valence-corrected chi connectivity index (χ3v) is 4.68. The molecule has 0 radical (unpaired) electrons. The molecule has 1 heterocycles. The summed E-state index contributed by atoms with van der Waals surface area (Å²) < 4.78 is 10.6. The molecule has 0 saturated carbocycles. The zero-order chi connectivity index (χ0) is 22.7. The summed E-state index contributed by atoms with van der Waals surface area (Å²) in [5.74, 6) is -1.39. The molecule has 0 aliphatic heterocycles. The zero-order valence-electron chi connectivity index (χ0n) is 17.0. The molecule has 0 aliphatic rings. The Balaban J connectivity index is 1.90. The van der Waals surface area contributed by atoms with Gasteiger partial charge in [0.25, 0.3) is 0 Å². The highest BCUT2D eigenvalue weighted by Crippen LogP contribution is 2.26. The number of ether oxygens (including phenoxy) is 1. The smallest absolute Gasteiger partial charge is 0.338 e. The van der Waals surface area contributed by atoms with Gasteiger partial charge in [-0.25, -0.2) is 9.59 Å². The van der Waals surface area contributed by atoms with Gasteiger partial charge in [-0.3, -0.25) is 9.59 Å². The van der Waals surface area contributed by atoms with E-state index in [9.17, 15) is 19.2 Å². The lowest BCUT2D eigenvalue weighted by Gasteiger charge is -2.11. The van der Waals surface area contributed by atoms with Crippen molar-refractivity contribution in [1.29, 1.82) is 0 Å². The lowest BCUT2D eigenvalue weighted by atomic mass is 10.1. The van der Waals surface area contributed by atoms with Crippen molar-refractivity contribution in [3.05, 3.63) is 68.5 Å². The highest BCUT2D eigenvalue weighted by molar-refractivity contribution is 6.32. The van der Waals surface area contributed by atoms with Crippen LogP contribution in [0.3, 0.4) is 0 Å². The second kappa shape index (κ2) is 9.01. The van der Waals surface area contributed by atoms with E-state index in [1.165, 1.54) is 38.1 Å². The van der Waals surface area contributed by atoms with E-state index in [-0.39, 0.29) is 24.0 Å². The normalized spacial score (nSPS) is 10.6. The van der Waals surface area contributed by atoms with Crippen molar-refractivity contribution in [3.63, 3.8) is 0 Å². The van der Waals surface area contributed by atoms with Gasteiger partial charge < -0.3 is 19.8 Å². The SMILES string of the molecule is CC(=O)Nc1cc(NC(C)=O)cc(C(=O)OCc2cc(=O)oc3cc(C)c(Cl)cc23)c1. The fourth-order valence-electron chi connectivity index (χ4n) is 2.99. The van der Waals surface area contributed by atoms with Crippen molar-refractivity contribution in [2.45, 2.75) is 27.4 Å². The van der Waals surface area contributed by atoms with E-state index in [4.69, 9.17) is 20.8 Å². The average molecular weight is 443 g/mol. The molecule has 3 rings (SSSR count). The van der Waals surface area contributed by atoms with Crippen LogP contribution in [-0.4, -0.2) is 17.8 Å². The molecule has 9 heteroatoms. The molecule has 0 fully saturated rings. The molecule has 2 aromatic carbocycles. The van der Waals surface area contributed by atoms with Crippen LogP contribution in [0.4, 0.5) is 11.4 Å². The Labute approximate surface area is 182 Å². The molecule has 31 heavy (non-hydrogen) atoms. The fraction of sp³-hybridized carbons (Fsp3) is 0.182. The summed E-state index contributed by atoms with van der Waals surface area (Å²) >= 11 is 6.18. The van der Waals surface area contributed by atoms with Crippen LogP contribution in [0, 0.1) is 6.92 Å². The van der Waals surface area contributed by atoms with E-state index in [2.05, 4.69) is 10.6 Å². The summed E-state index contributed by atoms with van der Waals surface area (Å²) in [7, 11) is 0. The molecule has 2 amide bonds. The van der Waals surface area contributed by atoms with Gasteiger partial charge in [-0.05, 0) is 42.8 Å². The predicted octanol–water partition coefficient (Wildman–Crippen LogP) is 4.03. The number of hydrogen-bond acceptors (Lipinski definition) is 6. The van der Waals surface area contributed by atoms with Gasteiger partial charge in [0, 0.05) is 47.3 Å². The van der Waals surface area contributed by atoms with E-state index < -0.39 is 11.6 Å². The van der Waals surface area contributed by atoms with E-state index >= 15 is 0 Å². The zero-order valence-corrected chi connectivity index (χ0v) is 17.8. The number of anilines is 2. The van der Waals surface area contributed by atoms with Crippen LogP contribution in [0.5, 0.6) is 0 Å². The minimum atomic E-state index is -0.710. The van der Waals surface area contributed by atoms with Gasteiger partial charge in [-0.1, -0.05) is 11.6 Å². The Hall–Kier alpha value is -3.65. The van der Waals surface area contributed by atoms with Gasteiger partial charge >= 0.3 is 11.6 Å². The maximum atomic E-state index is 12.7.